The zero-order valence-electron chi connectivity index (χ0n) is 20.6. The zero-order valence-corrected chi connectivity index (χ0v) is 22.2. The van der Waals surface area contributed by atoms with E-state index in [2.05, 4.69) is 20.5 Å². The van der Waals surface area contributed by atoms with Gasteiger partial charge in [0.2, 0.25) is 0 Å². The number of likely N-dealkylation sites (tertiary alicyclic amines) is 1. The van der Waals surface area contributed by atoms with E-state index in [0.29, 0.717) is 5.03 Å². The van der Waals surface area contributed by atoms with Crippen molar-refractivity contribution in [1.82, 2.24) is 9.80 Å². The second kappa shape index (κ2) is 11.1. The van der Waals surface area contributed by atoms with E-state index in [0.717, 1.165) is 43.8 Å². The van der Waals surface area contributed by atoms with Gasteiger partial charge in [-0.3, -0.25) is 19.6 Å². The van der Waals surface area contributed by atoms with Gasteiger partial charge < -0.3 is 15.4 Å². The first kappa shape index (κ1) is 26.2. The van der Waals surface area contributed by atoms with Crippen LogP contribution >= 0.6 is 23.2 Å². The van der Waals surface area contributed by atoms with Crippen molar-refractivity contribution < 1.29 is 18.7 Å². The average Bonchev–Trinajstić information content (AvgIpc) is 2.82. The summed E-state index contributed by atoms with van der Waals surface area (Å²) >= 11 is 12.3. The van der Waals surface area contributed by atoms with E-state index in [1.807, 2.05) is 0 Å². The second-order valence-corrected chi connectivity index (χ2v) is 10.1. The van der Waals surface area contributed by atoms with Gasteiger partial charge in [0.15, 0.2) is 0 Å². The molecule has 0 spiro atoms. The number of hydrogen-bond acceptors (Lipinski definition) is 5. The molecule has 1 saturated heterocycles. The first-order chi connectivity index (χ1) is 18.3. The van der Waals surface area contributed by atoms with Gasteiger partial charge in [0.1, 0.15) is 17.3 Å². The number of carbonyl (C=O) groups is 2. The van der Waals surface area contributed by atoms with Gasteiger partial charge in [0.25, 0.3) is 5.91 Å². The lowest BCUT2D eigenvalue weighted by atomic mass is 9.92. The molecule has 38 heavy (non-hydrogen) atoms. The Hall–Kier alpha value is -3.40. The number of nitrogens with zero attached hydrogens (tertiary/aromatic N) is 3. The summed E-state index contributed by atoms with van der Waals surface area (Å²) in [6.07, 6.45) is 6.90. The maximum atomic E-state index is 15.3. The van der Waals surface area contributed by atoms with Crippen LogP contribution in [-0.4, -0.2) is 60.7 Å². The first-order valence-corrected chi connectivity index (χ1v) is 13.0. The van der Waals surface area contributed by atoms with Crippen molar-refractivity contribution in [2.45, 2.75) is 18.9 Å². The van der Waals surface area contributed by atoms with E-state index in [1.165, 1.54) is 36.3 Å². The molecule has 8 nitrogen and oxygen atoms in total. The molecule has 0 aromatic heterocycles. The number of urea groups is 1. The van der Waals surface area contributed by atoms with Crippen LogP contribution in [0.4, 0.5) is 20.6 Å². The normalized spacial score (nSPS) is 17.5. The van der Waals surface area contributed by atoms with Gasteiger partial charge in [0.05, 0.1) is 30.9 Å². The topological polar surface area (TPSA) is 86.3 Å². The monoisotopic (exact) mass is 557 g/mol. The standard InChI is InChI=1S/C27H26Cl2FN5O3/c1-38-23-14-18(29)13-22(32-27(37)35-9-2-4-17(28)15-35)24(23)33-26(36)19-6-5-16(12-20(19)30)25(21-7-8-31-21)34-10-3-11-34/h2,4-6,9,12-14,25H,3,7-8,10-11,15H2,1H3,(H,32,37)(H,33,36). The van der Waals surface area contributed by atoms with Crippen molar-refractivity contribution >= 4 is 52.2 Å². The highest BCUT2D eigenvalue weighted by atomic mass is 35.5. The Morgan fingerprint density at radius 1 is 1.16 bits per heavy atom. The fourth-order valence-electron chi connectivity index (χ4n) is 4.56. The van der Waals surface area contributed by atoms with Crippen molar-refractivity contribution in [2.75, 3.05) is 43.9 Å². The number of hydrogen-bond donors (Lipinski definition) is 2. The van der Waals surface area contributed by atoms with Crippen molar-refractivity contribution in [3.63, 3.8) is 0 Å². The molecular weight excluding hydrogens is 532 g/mol. The molecule has 3 heterocycles. The third kappa shape index (κ3) is 5.41. The summed E-state index contributed by atoms with van der Waals surface area (Å²) in [5, 5.41) is 6.16. The molecule has 0 radical (unpaired) electrons. The van der Waals surface area contributed by atoms with Gasteiger partial charge in [0, 0.05) is 54.1 Å². The summed E-state index contributed by atoms with van der Waals surface area (Å²) in [7, 11) is 1.40. The Morgan fingerprint density at radius 2 is 1.95 bits per heavy atom. The fraction of sp³-hybridized carbons (Fsp3) is 0.296. The number of anilines is 2. The summed E-state index contributed by atoms with van der Waals surface area (Å²) in [6.45, 7) is 2.86. The molecule has 0 bridgehead atoms. The fourth-order valence-corrected chi connectivity index (χ4v) is 4.97. The van der Waals surface area contributed by atoms with Gasteiger partial charge in [-0.2, -0.15) is 0 Å². The van der Waals surface area contributed by atoms with Gasteiger partial charge in [-0.15, -0.1) is 0 Å². The Morgan fingerprint density at radius 3 is 2.55 bits per heavy atom. The number of allylic oxidation sites excluding steroid dienone is 2. The van der Waals surface area contributed by atoms with Crippen LogP contribution in [0.25, 0.3) is 0 Å². The number of halogens is 3. The van der Waals surface area contributed by atoms with Crippen LogP contribution in [0, 0.1) is 5.82 Å². The van der Waals surface area contributed by atoms with E-state index in [4.69, 9.17) is 27.9 Å². The minimum absolute atomic E-state index is 0.0607. The molecule has 3 amide bonds. The van der Waals surface area contributed by atoms with Crippen LogP contribution < -0.4 is 15.4 Å². The molecule has 3 aliphatic rings. The molecule has 5 rings (SSSR count). The van der Waals surface area contributed by atoms with E-state index in [-0.39, 0.29) is 40.3 Å². The maximum absolute atomic E-state index is 15.3. The molecule has 0 saturated carbocycles. The molecule has 2 aromatic carbocycles. The molecule has 2 N–H and O–H groups in total. The smallest absolute Gasteiger partial charge is 0.326 e. The average molecular weight is 558 g/mol. The molecule has 3 aliphatic heterocycles. The molecule has 1 unspecified atom stereocenters. The highest BCUT2D eigenvalue weighted by molar-refractivity contribution is 6.31. The minimum atomic E-state index is -0.699. The first-order valence-electron chi connectivity index (χ1n) is 12.2. The highest BCUT2D eigenvalue weighted by Gasteiger charge is 2.32. The molecule has 1 atom stereocenters. The van der Waals surface area contributed by atoms with Crippen LogP contribution in [0.3, 0.4) is 0 Å². The zero-order chi connectivity index (χ0) is 26.8. The number of amides is 3. The van der Waals surface area contributed by atoms with Crippen LogP contribution in [0.1, 0.15) is 34.8 Å². The Balaban J connectivity index is 1.39. The lowest BCUT2D eigenvalue weighted by Gasteiger charge is -2.41. The summed E-state index contributed by atoms with van der Waals surface area (Å²) in [5.41, 5.74) is 2.01. The number of benzene rings is 2. The molecule has 198 valence electrons. The second-order valence-electron chi connectivity index (χ2n) is 9.15. The van der Waals surface area contributed by atoms with Crippen LogP contribution in [0.2, 0.25) is 5.02 Å². The van der Waals surface area contributed by atoms with Crippen LogP contribution in [0.15, 0.2) is 58.7 Å². The number of methoxy groups -OCH3 is 1. The minimum Gasteiger partial charge on any atom is -0.494 e. The number of nitrogens with one attached hydrogen (secondary N) is 2. The number of carbonyl (C=O) groups excluding carboxylic acids is 2. The van der Waals surface area contributed by atoms with Gasteiger partial charge in [-0.1, -0.05) is 29.3 Å². The van der Waals surface area contributed by atoms with E-state index in [9.17, 15) is 9.59 Å². The summed E-state index contributed by atoms with van der Waals surface area (Å²) < 4.78 is 20.7. The summed E-state index contributed by atoms with van der Waals surface area (Å²) in [5.74, 6) is -1.15. The lowest BCUT2D eigenvalue weighted by Crippen LogP contribution is -2.45. The van der Waals surface area contributed by atoms with Crippen molar-refractivity contribution in [1.29, 1.82) is 0 Å². The summed E-state index contributed by atoms with van der Waals surface area (Å²) in [4.78, 5) is 34.2. The number of rotatable bonds is 7. The predicted octanol–water partition coefficient (Wildman–Crippen LogP) is 5.82. The number of ether oxygens (including phenoxy) is 1. The Kier molecular flexibility index (Phi) is 7.69. The largest absolute Gasteiger partial charge is 0.494 e. The maximum Gasteiger partial charge on any atom is 0.326 e. The quantitative estimate of drug-likeness (QED) is 0.449. The molecular formula is C27H26Cl2FN5O3. The van der Waals surface area contributed by atoms with Gasteiger partial charge in [-0.25, -0.2) is 9.18 Å². The van der Waals surface area contributed by atoms with Crippen LogP contribution in [-0.2, 0) is 0 Å². The van der Waals surface area contributed by atoms with E-state index < -0.39 is 17.8 Å². The Labute approximate surface area is 229 Å². The third-order valence-electron chi connectivity index (χ3n) is 6.70. The van der Waals surface area contributed by atoms with Crippen molar-refractivity contribution in [3.8, 4) is 5.75 Å². The SMILES string of the molecule is COc1cc(Cl)cc(NC(=O)N2C=CC=C(Cl)C2)c1NC(=O)c1ccc(C(C2=NCC2)N2CCC2)cc1F. The summed E-state index contributed by atoms with van der Waals surface area (Å²) in [6, 6.07) is 7.04. The molecule has 11 heteroatoms. The molecule has 1 fully saturated rings. The molecule has 2 aromatic rings. The number of aliphatic imine (C=N–C) groups is 1. The van der Waals surface area contributed by atoms with E-state index >= 15 is 4.39 Å². The van der Waals surface area contributed by atoms with Gasteiger partial charge in [-0.05, 0) is 42.3 Å². The van der Waals surface area contributed by atoms with Crippen molar-refractivity contribution in [3.05, 3.63) is 75.7 Å². The lowest BCUT2D eigenvalue weighted by molar-refractivity contribution is 0.102. The highest BCUT2D eigenvalue weighted by Crippen LogP contribution is 2.37. The molecule has 0 aliphatic carbocycles. The van der Waals surface area contributed by atoms with Crippen LogP contribution in [0.5, 0.6) is 5.75 Å². The van der Waals surface area contributed by atoms with Gasteiger partial charge >= 0.3 is 6.03 Å². The predicted molar refractivity (Wildman–Crippen MR) is 147 cm³/mol. The third-order valence-corrected chi connectivity index (χ3v) is 7.16. The van der Waals surface area contributed by atoms with E-state index in [1.54, 1.807) is 24.4 Å². The van der Waals surface area contributed by atoms with Crippen molar-refractivity contribution in [2.24, 2.45) is 4.99 Å². The Bertz CT molecular complexity index is 1370.